The van der Waals surface area contributed by atoms with E-state index in [2.05, 4.69) is 61.9 Å². The van der Waals surface area contributed by atoms with Gasteiger partial charge in [0, 0.05) is 26.8 Å². The summed E-state index contributed by atoms with van der Waals surface area (Å²) in [6.07, 6.45) is 1.89. The van der Waals surface area contributed by atoms with Crippen LogP contribution in [0.15, 0.2) is 77.4 Å². The molecule has 0 fully saturated rings. The summed E-state index contributed by atoms with van der Waals surface area (Å²) in [4.78, 5) is 9.40. The molecule has 114 valence electrons. The van der Waals surface area contributed by atoms with E-state index in [0.29, 0.717) is 5.95 Å². The maximum absolute atomic E-state index is 4.78. The summed E-state index contributed by atoms with van der Waals surface area (Å²) in [6, 6.07) is 22.7. The molecule has 2 aromatic heterocycles. The molecule has 0 atom stereocenters. The SMILES string of the molecule is Brc1ccc2c3ccccc3n(-c3ncc4ccccc4n3)c2c1. The maximum atomic E-state index is 4.78. The van der Waals surface area contributed by atoms with E-state index >= 15 is 0 Å². The van der Waals surface area contributed by atoms with Crippen LogP contribution in [0, 0.1) is 0 Å². The fourth-order valence-electron chi connectivity index (χ4n) is 3.23. The van der Waals surface area contributed by atoms with Crippen LogP contribution in [-0.2, 0) is 0 Å². The summed E-state index contributed by atoms with van der Waals surface area (Å²) in [6.45, 7) is 0. The number of hydrogen-bond donors (Lipinski definition) is 0. The van der Waals surface area contributed by atoms with Crippen molar-refractivity contribution in [2.45, 2.75) is 0 Å². The van der Waals surface area contributed by atoms with Gasteiger partial charge in [0.2, 0.25) is 5.95 Å². The van der Waals surface area contributed by atoms with Crippen molar-refractivity contribution in [2.75, 3.05) is 0 Å². The van der Waals surface area contributed by atoms with Crippen molar-refractivity contribution in [3.05, 3.63) is 77.4 Å². The Balaban J connectivity index is 1.93. The highest BCUT2D eigenvalue weighted by molar-refractivity contribution is 9.10. The van der Waals surface area contributed by atoms with Crippen molar-refractivity contribution in [1.82, 2.24) is 14.5 Å². The average Bonchev–Trinajstić information content (AvgIpc) is 2.94. The quantitative estimate of drug-likeness (QED) is 0.389. The van der Waals surface area contributed by atoms with Gasteiger partial charge in [-0.3, -0.25) is 4.57 Å². The lowest BCUT2D eigenvalue weighted by molar-refractivity contribution is 1.01. The molecule has 0 amide bonds. The molecule has 2 heterocycles. The van der Waals surface area contributed by atoms with E-state index in [-0.39, 0.29) is 0 Å². The Labute approximate surface area is 146 Å². The van der Waals surface area contributed by atoms with Crippen molar-refractivity contribution < 1.29 is 0 Å². The number of rotatable bonds is 1. The molecule has 0 aliphatic rings. The number of benzene rings is 3. The van der Waals surface area contributed by atoms with Gasteiger partial charge in [-0.25, -0.2) is 9.97 Å². The van der Waals surface area contributed by atoms with Crippen LogP contribution < -0.4 is 0 Å². The van der Waals surface area contributed by atoms with E-state index in [1.807, 2.05) is 36.5 Å². The van der Waals surface area contributed by atoms with Crippen LogP contribution in [0.25, 0.3) is 38.7 Å². The van der Waals surface area contributed by atoms with E-state index in [4.69, 9.17) is 4.98 Å². The van der Waals surface area contributed by atoms with Gasteiger partial charge >= 0.3 is 0 Å². The lowest BCUT2D eigenvalue weighted by Crippen LogP contribution is -2.00. The summed E-state index contributed by atoms with van der Waals surface area (Å²) in [5, 5.41) is 3.45. The molecular formula is C20H12BrN3. The van der Waals surface area contributed by atoms with E-state index in [0.717, 1.165) is 26.4 Å². The van der Waals surface area contributed by atoms with Crippen molar-refractivity contribution in [2.24, 2.45) is 0 Å². The summed E-state index contributed by atoms with van der Waals surface area (Å²) in [7, 11) is 0. The van der Waals surface area contributed by atoms with Crippen molar-refractivity contribution in [3.63, 3.8) is 0 Å². The van der Waals surface area contributed by atoms with Gasteiger partial charge in [-0.1, -0.05) is 58.4 Å². The Kier molecular flexibility index (Phi) is 2.94. The highest BCUT2D eigenvalue weighted by atomic mass is 79.9. The van der Waals surface area contributed by atoms with Gasteiger partial charge in [0.05, 0.1) is 16.6 Å². The van der Waals surface area contributed by atoms with Gasteiger partial charge in [0.25, 0.3) is 0 Å². The van der Waals surface area contributed by atoms with Gasteiger partial charge in [0.15, 0.2) is 0 Å². The van der Waals surface area contributed by atoms with Crippen LogP contribution in [-0.4, -0.2) is 14.5 Å². The van der Waals surface area contributed by atoms with Gasteiger partial charge < -0.3 is 0 Å². The lowest BCUT2D eigenvalue weighted by Gasteiger charge is -2.07. The maximum Gasteiger partial charge on any atom is 0.235 e. The zero-order valence-electron chi connectivity index (χ0n) is 12.6. The number of halogens is 1. The van der Waals surface area contributed by atoms with Gasteiger partial charge in [-0.05, 0) is 24.3 Å². The van der Waals surface area contributed by atoms with Crippen LogP contribution >= 0.6 is 15.9 Å². The molecule has 0 aliphatic heterocycles. The van der Waals surface area contributed by atoms with Gasteiger partial charge in [0.1, 0.15) is 0 Å². The molecule has 0 unspecified atom stereocenters. The third-order valence-electron chi connectivity index (χ3n) is 4.31. The molecule has 4 heteroatoms. The first-order valence-electron chi connectivity index (χ1n) is 7.72. The normalized spacial score (nSPS) is 11.5. The largest absolute Gasteiger partial charge is 0.278 e. The molecule has 0 saturated heterocycles. The minimum atomic E-state index is 0.693. The molecule has 0 radical (unpaired) electrons. The fourth-order valence-corrected chi connectivity index (χ4v) is 3.58. The minimum absolute atomic E-state index is 0.693. The molecule has 0 N–H and O–H groups in total. The summed E-state index contributed by atoms with van der Waals surface area (Å²) in [5.74, 6) is 0.693. The molecular weight excluding hydrogens is 362 g/mol. The molecule has 0 saturated carbocycles. The minimum Gasteiger partial charge on any atom is -0.278 e. The Bertz CT molecular complexity index is 1220. The number of para-hydroxylation sites is 2. The highest BCUT2D eigenvalue weighted by Crippen LogP contribution is 2.32. The average molecular weight is 374 g/mol. The summed E-state index contributed by atoms with van der Waals surface area (Å²) >= 11 is 3.58. The molecule has 0 aliphatic carbocycles. The standard InChI is InChI=1S/C20H12BrN3/c21-14-9-10-16-15-6-2-4-8-18(15)24(19(16)11-14)20-22-12-13-5-1-3-7-17(13)23-20/h1-12H. The first-order chi connectivity index (χ1) is 11.8. The van der Waals surface area contributed by atoms with E-state index in [1.54, 1.807) is 0 Å². The zero-order valence-corrected chi connectivity index (χ0v) is 14.2. The third-order valence-corrected chi connectivity index (χ3v) is 4.81. The highest BCUT2D eigenvalue weighted by Gasteiger charge is 2.14. The predicted octanol–water partition coefficient (Wildman–Crippen LogP) is 5.49. The van der Waals surface area contributed by atoms with Crippen LogP contribution in [0.1, 0.15) is 0 Å². The topological polar surface area (TPSA) is 30.7 Å². The second-order valence-corrected chi connectivity index (χ2v) is 6.66. The Morgan fingerprint density at radius 2 is 1.58 bits per heavy atom. The van der Waals surface area contributed by atoms with Gasteiger partial charge in [-0.2, -0.15) is 0 Å². The van der Waals surface area contributed by atoms with Gasteiger partial charge in [-0.15, -0.1) is 0 Å². The van der Waals surface area contributed by atoms with Crippen molar-refractivity contribution in [3.8, 4) is 5.95 Å². The monoisotopic (exact) mass is 373 g/mol. The molecule has 3 nitrogen and oxygen atoms in total. The fraction of sp³-hybridized carbons (Fsp3) is 0. The molecule has 24 heavy (non-hydrogen) atoms. The lowest BCUT2D eigenvalue weighted by atomic mass is 10.2. The molecule has 5 rings (SSSR count). The second-order valence-electron chi connectivity index (χ2n) is 5.74. The van der Waals surface area contributed by atoms with Crippen molar-refractivity contribution in [1.29, 1.82) is 0 Å². The summed E-state index contributed by atoms with van der Waals surface area (Å²) in [5.41, 5.74) is 3.16. The summed E-state index contributed by atoms with van der Waals surface area (Å²) < 4.78 is 3.17. The van der Waals surface area contributed by atoms with E-state index in [9.17, 15) is 0 Å². The molecule has 0 bridgehead atoms. The molecule has 5 aromatic rings. The third kappa shape index (κ3) is 1.96. The molecule has 0 spiro atoms. The van der Waals surface area contributed by atoms with E-state index < -0.39 is 0 Å². The second kappa shape index (κ2) is 5.14. The predicted molar refractivity (Wildman–Crippen MR) is 102 cm³/mol. The van der Waals surface area contributed by atoms with Crippen LogP contribution in [0.4, 0.5) is 0 Å². The Morgan fingerprint density at radius 1 is 0.792 bits per heavy atom. The van der Waals surface area contributed by atoms with Crippen molar-refractivity contribution >= 4 is 48.6 Å². The zero-order chi connectivity index (χ0) is 16.1. The first kappa shape index (κ1) is 13.7. The first-order valence-corrected chi connectivity index (χ1v) is 8.51. The number of nitrogens with zero attached hydrogens (tertiary/aromatic N) is 3. The number of hydrogen-bond acceptors (Lipinski definition) is 2. The van der Waals surface area contributed by atoms with Crippen LogP contribution in [0.5, 0.6) is 0 Å². The van der Waals surface area contributed by atoms with Crippen LogP contribution in [0.3, 0.4) is 0 Å². The number of aromatic nitrogens is 3. The smallest absolute Gasteiger partial charge is 0.235 e. The number of fused-ring (bicyclic) bond motifs is 4. The van der Waals surface area contributed by atoms with E-state index in [1.165, 1.54) is 10.8 Å². The Morgan fingerprint density at radius 3 is 2.54 bits per heavy atom. The van der Waals surface area contributed by atoms with Crippen LogP contribution in [0.2, 0.25) is 0 Å². The molecule has 3 aromatic carbocycles. The Hall–Kier alpha value is -2.72.